The Kier molecular flexibility index (Phi) is 8.68. The molecular formula is C18H27NO5. The number of rotatable bonds is 10. The molecule has 6 nitrogen and oxygen atoms in total. The van der Waals surface area contributed by atoms with Gasteiger partial charge in [-0.15, -0.1) is 0 Å². The summed E-state index contributed by atoms with van der Waals surface area (Å²) in [5, 5.41) is 0. The second-order valence-electron chi connectivity index (χ2n) is 5.27. The monoisotopic (exact) mass is 337 g/mol. The van der Waals surface area contributed by atoms with Crippen LogP contribution in [0.4, 0.5) is 0 Å². The molecule has 0 saturated carbocycles. The summed E-state index contributed by atoms with van der Waals surface area (Å²) in [6, 6.07) is 5.06. The summed E-state index contributed by atoms with van der Waals surface area (Å²) >= 11 is 0. The van der Waals surface area contributed by atoms with Gasteiger partial charge in [-0.05, 0) is 31.5 Å². The average Bonchev–Trinajstić information content (AvgIpc) is 2.60. The van der Waals surface area contributed by atoms with E-state index in [0.717, 1.165) is 12.8 Å². The smallest absolute Gasteiger partial charge is 0.307 e. The zero-order valence-electron chi connectivity index (χ0n) is 15.0. The predicted molar refractivity (Wildman–Crippen MR) is 91.6 cm³/mol. The summed E-state index contributed by atoms with van der Waals surface area (Å²) in [7, 11) is 3.08. The Morgan fingerprint density at radius 3 is 2.33 bits per heavy atom. The number of nitrogens with zero attached hydrogens (tertiary/aromatic N) is 1. The number of carbonyl (C=O) groups excluding carboxylic acids is 2. The van der Waals surface area contributed by atoms with Gasteiger partial charge in [-0.25, -0.2) is 0 Å². The fourth-order valence-electron chi connectivity index (χ4n) is 2.28. The number of hydrogen-bond donors (Lipinski definition) is 0. The minimum Gasteiger partial charge on any atom is -0.493 e. The molecule has 0 radical (unpaired) electrons. The Bertz CT molecular complexity index is 544. The first kappa shape index (κ1) is 19.8. The highest BCUT2D eigenvalue weighted by molar-refractivity contribution is 5.95. The third-order valence-corrected chi connectivity index (χ3v) is 3.59. The lowest BCUT2D eigenvalue weighted by molar-refractivity contribution is -0.143. The number of unbranched alkanes of at least 4 members (excludes halogenated alkanes) is 1. The van der Waals surface area contributed by atoms with Crippen molar-refractivity contribution in [2.75, 3.05) is 33.9 Å². The van der Waals surface area contributed by atoms with Crippen molar-refractivity contribution in [3.8, 4) is 11.5 Å². The molecule has 0 spiro atoms. The van der Waals surface area contributed by atoms with Gasteiger partial charge in [0, 0.05) is 18.7 Å². The Morgan fingerprint density at radius 1 is 1.04 bits per heavy atom. The molecule has 1 aromatic carbocycles. The Labute approximate surface area is 143 Å². The number of methoxy groups -OCH3 is 2. The van der Waals surface area contributed by atoms with Gasteiger partial charge in [-0.2, -0.15) is 0 Å². The summed E-state index contributed by atoms with van der Waals surface area (Å²) in [6.45, 7) is 5.11. The minimum atomic E-state index is -0.292. The molecule has 134 valence electrons. The van der Waals surface area contributed by atoms with E-state index in [-0.39, 0.29) is 18.3 Å². The molecular weight excluding hydrogens is 310 g/mol. The van der Waals surface area contributed by atoms with Crippen molar-refractivity contribution in [1.82, 2.24) is 4.90 Å². The van der Waals surface area contributed by atoms with E-state index >= 15 is 0 Å². The normalized spacial score (nSPS) is 10.2. The van der Waals surface area contributed by atoms with Crippen LogP contribution in [0.15, 0.2) is 18.2 Å². The molecule has 0 saturated heterocycles. The first-order chi connectivity index (χ1) is 11.6. The zero-order valence-corrected chi connectivity index (χ0v) is 15.0. The third-order valence-electron chi connectivity index (χ3n) is 3.59. The predicted octanol–water partition coefficient (Wildman–Crippen LogP) is 2.90. The van der Waals surface area contributed by atoms with E-state index in [9.17, 15) is 9.59 Å². The van der Waals surface area contributed by atoms with Crippen molar-refractivity contribution in [3.63, 3.8) is 0 Å². The fraction of sp³-hybridized carbons (Fsp3) is 0.556. The van der Waals surface area contributed by atoms with Crippen molar-refractivity contribution in [2.45, 2.75) is 33.1 Å². The maximum atomic E-state index is 12.8. The second kappa shape index (κ2) is 10.5. The molecule has 0 aromatic heterocycles. The van der Waals surface area contributed by atoms with E-state index in [2.05, 4.69) is 6.92 Å². The standard InChI is InChI=1S/C18H27NO5/c1-5-7-11-19(12-10-17(20)24-6-2)18(21)14-8-9-15(22-3)16(13-14)23-4/h8-9,13H,5-7,10-12H2,1-4H3. The van der Waals surface area contributed by atoms with Gasteiger partial charge in [0.1, 0.15) is 0 Å². The molecule has 0 bridgehead atoms. The van der Waals surface area contributed by atoms with Crippen molar-refractivity contribution < 1.29 is 23.8 Å². The summed E-state index contributed by atoms with van der Waals surface area (Å²) in [5.74, 6) is 0.651. The molecule has 1 aromatic rings. The number of hydrogen-bond acceptors (Lipinski definition) is 5. The van der Waals surface area contributed by atoms with E-state index in [0.29, 0.717) is 36.8 Å². The van der Waals surface area contributed by atoms with Gasteiger partial charge < -0.3 is 19.1 Å². The Morgan fingerprint density at radius 2 is 1.75 bits per heavy atom. The van der Waals surface area contributed by atoms with Crippen LogP contribution in [0.2, 0.25) is 0 Å². The van der Waals surface area contributed by atoms with E-state index < -0.39 is 0 Å². The van der Waals surface area contributed by atoms with Crippen molar-refractivity contribution in [2.24, 2.45) is 0 Å². The molecule has 6 heteroatoms. The molecule has 0 N–H and O–H groups in total. The molecule has 1 amide bonds. The lowest BCUT2D eigenvalue weighted by atomic mass is 10.1. The van der Waals surface area contributed by atoms with Crippen LogP contribution in [0.1, 0.15) is 43.5 Å². The molecule has 24 heavy (non-hydrogen) atoms. The topological polar surface area (TPSA) is 65.1 Å². The molecule has 1 rings (SSSR count). The van der Waals surface area contributed by atoms with Crippen molar-refractivity contribution in [3.05, 3.63) is 23.8 Å². The van der Waals surface area contributed by atoms with Crippen LogP contribution in [-0.2, 0) is 9.53 Å². The van der Waals surface area contributed by atoms with Gasteiger partial charge in [-0.3, -0.25) is 9.59 Å². The molecule has 0 aliphatic carbocycles. The van der Waals surface area contributed by atoms with Gasteiger partial charge in [0.2, 0.25) is 0 Å². The van der Waals surface area contributed by atoms with Gasteiger partial charge in [0.25, 0.3) is 5.91 Å². The molecule has 0 unspecified atom stereocenters. The van der Waals surface area contributed by atoms with Crippen LogP contribution in [0, 0.1) is 0 Å². The number of benzene rings is 1. The number of carbonyl (C=O) groups is 2. The van der Waals surface area contributed by atoms with E-state index in [1.165, 1.54) is 7.11 Å². The fourth-order valence-corrected chi connectivity index (χ4v) is 2.28. The Hall–Kier alpha value is -2.24. The van der Waals surface area contributed by atoms with Gasteiger partial charge in [0.15, 0.2) is 11.5 Å². The Balaban J connectivity index is 2.88. The van der Waals surface area contributed by atoms with Gasteiger partial charge >= 0.3 is 5.97 Å². The van der Waals surface area contributed by atoms with E-state index in [1.54, 1.807) is 37.1 Å². The maximum Gasteiger partial charge on any atom is 0.307 e. The van der Waals surface area contributed by atoms with E-state index in [1.807, 2.05) is 0 Å². The zero-order chi connectivity index (χ0) is 17.9. The van der Waals surface area contributed by atoms with E-state index in [4.69, 9.17) is 14.2 Å². The highest BCUT2D eigenvalue weighted by atomic mass is 16.5. The summed E-state index contributed by atoms with van der Waals surface area (Å²) in [4.78, 5) is 26.0. The van der Waals surface area contributed by atoms with Crippen LogP contribution in [0.25, 0.3) is 0 Å². The SMILES string of the molecule is CCCCN(CCC(=O)OCC)C(=O)c1ccc(OC)c(OC)c1. The minimum absolute atomic E-state index is 0.131. The van der Waals surface area contributed by atoms with Crippen LogP contribution in [-0.4, -0.2) is 50.7 Å². The molecule has 0 aliphatic heterocycles. The third kappa shape index (κ3) is 5.76. The molecule has 0 heterocycles. The van der Waals surface area contributed by atoms with Crippen molar-refractivity contribution in [1.29, 1.82) is 0 Å². The molecule has 0 fully saturated rings. The number of amides is 1. The summed E-state index contributed by atoms with van der Waals surface area (Å²) in [5.41, 5.74) is 0.507. The number of ether oxygens (including phenoxy) is 3. The van der Waals surface area contributed by atoms with Crippen LogP contribution >= 0.6 is 0 Å². The number of esters is 1. The lowest BCUT2D eigenvalue weighted by Gasteiger charge is -2.22. The largest absolute Gasteiger partial charge is 0.493 e. The lowest BCUT2D eigenvalue weighted by Crippen LogP contribution is -2.34. The van der Waals surface area contributed by atoms with Crippen molar-refractivity contribution >= 4 is 11.9 Å². The highest BCUT2D eigenvalue weighted by Crippen LogP contribution is 2.28. The first-order valence-corrected chi connectivity index (χ1v) is 8.24. The highest BCUT2D eigenvalue weighted by Gasteiger charge is 2.18. The molecule has 0 atom stereocenters. The van der Waals surface area contributed by atoms with Gasteiger partial charge in [-0.1, -0.05) is 13.3 Å². The quantitative estimate of drug-likeness (QED) is 0.614. The summed E-state index contributed by atoms with van der Waals surface area (Å²) in [6.07, 6.45) is 2.04. The van der Waals surface area contributed by atoms with Crippen LogP contribution < -0.4 is 9.47 Å². The second-order valence-corrected chi connectivity index (χ2v) is 5.27. The van der Waals surface area contributed by atoms with Gasteiger partial charge in [0.05, 0.1) is 27.2 Å². The van der Waals surface area contributed by atoms with Crippen LogP contribution in [0.3, 0.4) is 0 Å². The average molecular weight is 337 g/mol. The maximum absolute atomic E-state index is 12.8. The first-order valence-electron chi connectivity index (χ1n) is 8.24. The summed E-state index contributed by atoms with van der Waals surface area (Å²) < 4.78 is 15.4. The van der Waals surface area contributed by atoms with Crippen LogP contribution in [0.5, 0.6) is 11.5 Å². The molecule has 0 aliphatic rings.